The monoisotopic (exact) mass is 278 g/mol. The molecule has 20 heavy (non-hydrogen) atoms. The van der Waals surface area contributed by atoms with Crippen molar-refractivity contribution in [2.45, 2.75) is 45.7 Å². The number of likely N-dealkylation sites (tertiary alicyclic amines) is 1. The lowest BCUT2D eigenvalue weighted by atomic mass is 9.91. The van der Waals surface area contributed by atoms with Gasteiger partial charge in [0.05, 0.1) is 0 Å². The van der Waals surface area contributed by atoms with E-state index in [2.05, 4.69) is 24.1 Å². The SMILES string of the molecule is CCCNC(C)C1CCCN(Cc2ccc(F)cc2)C1. The molecule has 0 aliphatic carbocycles. The first-order chi connectivity index (χ1) is 9.69. The zero-order valence-corrected chi connectivity index (χ0v) is 12.7. The number of hydrogen-bond donors (Lipinski definition) is 1. The summed E-state index contributed by atoms with van der Waals surface area (Å²) in [7, 11) is 0. The standard InChI is InChI=1S/C17H27FN2/c1-3-10-19-14(2)16-5-4-11-20(13-16)12-15-6-8-17(18)9-7-15/h6-9,14,16,19H,3-5,10-13H2,1-2H3. The van der Waals surface area contributed by atoms with Crippen molar-refractivity contribution in [2.75, 3.05) is 19.6 Å². The van der Waals surface area contributed by atoms with Crippen molar-refractivity contribution in [1.82, 2.24) is 10.2 Å². The Balaban J connectivity index is 1.85. The van der Waals surface area contributed by atoms with Gasteiger partial charge in [-0.3, -0.25) is 4.90 Å². The van der Waals surface area contributed by atoms with E-state index in [0.29, 0.717) is 6.04 Å². The minimum Gasteiger partial charge on any atom is -0.314 e. The normalized spacial score (nSPS) is 21.9. The van der Waals surface area contributed by atoms with E-state index < -0.39 is 0 Å². The maximum absolute atomic E-state index is 12.9. The van der Waals surface area contributed by atoms with E-state index in [1.165, 1.54) is 24.8 Å². The summed E-state index contributed by atoms with van der Waals surface area (Å²) in [5, 5.41) is 3.62. The van der Waals surface area contributed by atoms with E-state index in [-0.39, 0.29) is 5.82 Å². The van der Waals surface area contributed by atoms with Gasteiger partial charge in [-0.2, -0.15) is 0 Å². The molecule has 0 aromatic heterocycles. The molecule has 0 radical (unpaired) electrons. The van der Waals surface area contributed by atoms with Gasteiger partial charge in [0.25, 0.3) is 0 Å². The van der Waals surface area contributed by atoms with Gasteiger partial charge in [-0.1, -0.05) is 19.1 Å². The highest BCUT2D eigenvalue weighted by atomic mass is 19.1. The first kappa shape index (κ1) is 15.5. The third kappa shape index (κ3) is 4.57. The lowest BCUT2D eigenvalue weighted by Gasteiger charge is -2.36. The Kier molecular flexibility index (Phi) is 5.99. The number of halogens is 1. The summed E-state index contributed by atoms with van der Waals surface area (Å²) in [6, 6.07) is 7.51. The van der Waals surface area contributed by atoms with Crippen LogP contribution < -0.4 is 5.32 Å². The fourth-order valence-electron chi connectivity index (χ4n) is 3.03. The zero-order valence-electron chi connectivity index (χ0n) is 12.7. The molecule has 112 valence electrons. The van der Waals surface area contributed by atoms with Crippen molar-refractivity contribution in [3.63, 3.8) is 0 Å². The van der Waals surface area contributed by atoms with Crippen molar-refractivity contribution in [1.29, 1.82) is 0 Å². The number of hydrogen-bond acceptors (Lipinski definition) is 2. The molecular weight excluding hydrogens is 251 g/mol. The molecule has 2 nitrogen and oxygen atoms in total. The Bertz CT molecular complexity index is 390. The first-order valence-corrected chi connectivity index (χ1v) is 7.89. The summed E-state index contributed by atoms with van der Waals surface area (Å²) < 4.78 is 12.9. The number of rotatable bonds is 6. The minimum absolute atomic E-state index is 0.150. The van der Waals surface area contributed by atoms with Crippen LogP contribution in [0, 0.1) is 11.7 Å². The van der Waals surface area contributed by atoms with Gasteiger partial charge in [0.15, 0.2) is 0 Å². The number of benzene rings is 1. The largest absolute Gasteiger partial charge is 0.314 e. The van der Waals surface area contributed by atoms with E-state index >= 15 is 0 Å². The Morgan fingerprint density at radius 3 is 2.80 bits per heavy atom. The second kappa shape index (κ2) is 7.75. The Labute approximate surface area is 122 Å². The molecule has 2 atom stereocenters. The fourth-order valence-corrected chi connectivity index (χ4v) is 3.03. The van der Waals surface area contributed by atoms with Crippen LogP contribution in [0.2, 0.25) is 0 Å². The summed E-state index contributed by atoms with van der Waals surface area (Å²) in [6.45, 7) is 8.87. The predicted octanol–water partition coefficient (Wildman–Crippen LogP) is 3.43. The molecule has 0 bridgehead atoms. The molecule has 0 amide bonds. The molecule has 3 heteroatoms. The summed E-state index contributed by atoms with van der Waals surface area (Å²) in [6.07, 6.45) is 3.78. The third-order valence-corrected chi connectivity index (χ3v) is 4.28. The smallest absolute Gasteiger partial charge is 0.123 e. The highest BCUT2D eigenvalue weighted by Gasteiger charge is 2.24. The molecule has 1 aliphatic heterocycles. The van der Waals surface area contributed by atoms with Crippen LogP contribution in [0.1, 0.15) is 38.7 Å². The minimum atomic E-state index is -0.150. The van der Waals surface area contributed by atoms with Crippen molar-refractivity contribution in [3.05, 3.63) is 35.6 Å². The highest BCUT2D eigenvalue weighted by Crippen LogP contribution is 2.21. The van der Waals surface area contributed by atoms with Crippen LogP contribution in [0.4, 0.5) is 4.39 Å². The summed E-state index contributed by atoms with van der Waals surface area (Å²) in [4.78, 5) is 2.51. The van der Waals surface area contributed by atoms with Gasteiger partial charge in [0.2, 0.25) is 0 Å². The van der Waals surface area contributed by atoms with Crippen LogP contribution in [0.25, 0.3) is 0 Å². The van der Waals surface area contributed by atoms with E-state index in [9.17, 15) is 4.39 Å². The molecule has 1 aromatic rings. The molecule has 2 rings (SSSR count). The van der Waals surface area contributed by atoms with Gasteiger partial charge in [0, 0.05) is 19.1 Å². The number of piperidine rings is 1. The molecule has 1 N–H and O–H groups in total. The van der Waals surface area contributed by atoms with Gasteiger partial charge in [0.1, 0.15) is 5.82 Å². The van der Waals surface area contributed by atoms with E-state index in [0.717, 1.165) is 32.1 Å². The first-order valence-electron chi connectivity index (χ1n) is 7.89. The lowest BCUT2D eigenvalue weighted by molar-refractivity contribution is 0.144. The second-order valence-electron chi connectivity index (χ2n) is 6.01. The fraction of sp³-hybridized carbons (Fsp3) is 0.647. The molecule has 2 unspecified atom stereocenters. The Morgan fingerprint density at radius 2 is 2.10 bits per heavy atom. The average molecular weight is 278 g/mol. The topological polar surface area (TPSA) is 15.3 Å². The van der Waals surface area contributed by atoms with Crippen molar-refractivity contribution in [3.8, 4) is 0 Å². The van der Waals surface area contributed by atoms with Crippen LogP contribution in [0.15, 0.2) is 24.3 Å². The van der Waals surface area contributed by atoms with Crippen molar-refractivity contribution < 1.29 is 4.39 Å². The molecule has 1 saturated heterocycles. The highest BCUT2D eigenvalue weighted by molar-refractivity contribution is 5.16. The van der Waals surface area contributed by atoms with Gasteiger partial charge < -0.3 is 5.32 Å². The van der Waals surface area contributed by atoms with Gasteiger partial charge in [-0.25, -0.2) is 4.39 Å². The maximum Gasteiger partial charge on any atom is 0.123 e. The molecule has 0 spiro atoms. The molecule has 1 fully saturated rings. The predicted molar refractivity (Wildman–Crippen MR) is 82.2 cm³/mol. The molecule has 1 aliphatic rings. The second-order valence-corrected chi connectivity index (χ2v) is 6.01. The molecule has 0 saturated carbocycles. The Morgan fingerprint density at radius 1 is 1.35 bits per heavy atom. The van der Waals surface area contributed by atoms with Gasteiger partial charge >= 0.3 is 0 Å². The number of nitrogens with one attached hydrogen (secondary N) is 1. The Hall–Kier alpha value is -0.930. The van der Waals surface area contributed by atoms with Crippen molar-refractivity contribution in [2.24, 2.45) is 5.92 Å². The van der Waals surface area contributed by atoms with Crippen LogP contribution in [-0.4, -0.2) is 30.6 Å². The molecule has 1 aromatic carbocycles. The quantitative estimate of drug-likeness (QED) is 0.857. The van der Waals surface area contributed by atoms with Crippen LogP contribution in [0.5, 0.6) is 0 Å². The molecule has 1 heterocycles. The number of nitrogens with zero attached hydrogens (tertiary/aromatic N) is 1. The maximum atomic E-state index is 12.9. The van der Waals surface area contributed by atoms with Crippen molar-refractivity contribution >= 4 is 0 Å². The zero-order chi connectivity index (χ0) is 14.4. The van der Waals surface area contributed by atoms with E-state index in [4.69, 9.17) is 0 Å². The lowest BCUT2D eigenvalue weighted by Crippen LogP contribution is -2.44. The van der Waals surface area contributed by atoms with Gasteiger partial charge in [-0.05, 0) is 62.9 Å². The average Bonchev–Trinajstić information content (AvgIpc) is 2.47. The summed E-state index contributed by atoms with van der Waals surface area (Å²) in [5.74, 6) is 0.582. The van der Waals surface area contributed by atoms with E-state index in [1.807, 2.05) is 12.1 Å². The van der Waals surface area contributed by atoms with E-state index in [1.54, 1.807) is 12.1 Å². The van der Waals surface area contributed by atoms with Gasteiger partial charge in [-0.15, -0.1) is 0 Å². The summed E-state index contributed by atoms with van der Waals surface area (Å²) in [5.41, 5.74) is 1.21. The third-order valence-electron chi connectivity index (χ3n) is 4.28. The van der Waals surface area contributed by atoms with Crippen LogP contribution in [-0.2, 0) is 6.54 Å². The molecular formula is C17H27FN2. The van der Waals surface area contributed by atoms with Crippen LogP contribution >= 0.6 is 0 Å². The van der Waals surface area contributed by atoms with Crippen LogP contribution in [0.3, 0.4) is 0 Å². The summed E-state index contributed by atoms with van der Waals surface area (Å²) >= 11 is 0.